The molecule has 0 aromatic heterocycles. The molecule has 4 rings (SSSR count). The minimum atomic E-state index is -0.239. The summed E-state index contributed by atoms with van der Waals surface area (Å²) in [5.74, 6) is 0.887. The van der Waals surface area contributed by atoms with Crippen molar-refractivity contribution in [3.05, 3.63) is 90.0 Å². The SMILES string of the molecule is COc1ccccc1N1CCN(C(=O)COc2ccccc2C(=O)NCc2ccccc2)CC1. The van der Waals surface area contributed by atoms with Gasteiger partial charge in [-0.05, 0) is 29.8 Å². The lowest BCUT2D eigenvalue weighted by Gasteiger charge is -2.36. The van der Waals surface area contributed by atoms with Gasteiger partial charge in [0.25, 0.3) is 11.8 Å². The number of nitrogens with zero attached hydrogens (tertiary/aromatic N) is 2. The predicted molar refractivity (Wildman–Crippen MR) is 131 cm³/mol. The van der Waals surface area contributed by atoms with Gasteiger partial charge >= 0.3 is 0 Å². The number of piperazine rings is 1. The van der Waals surface area contributed by atoms with Crippen LogP contribution in [0.2, 0.25) is 0 Å². The number of benzene rings is 3. The zero-order chi connectivity index (χ0) is 23.8. The monoisotopic (exact) mass is 459 g/mol. The van der Waals surface area contributed by atoms with Crippen LogP contribution in [0.4, 0.5) is 5.69 Å². The molecule has 1 fully saturated rings. The second-order valence-electron chi connectivity index (χ2n) is 7.99. The van der Waals surface area contributed by atoms with Crippen molar-refractivity contribution < 1.29 is 19.1 Å². The van der Waals surface area contributed by atoms with Crippen molar-refractivity contribution in [3.63, 3.8) is 0 Å². The molecule has 7 nitrogen and oxygen atoms in total. The van der Waals surface area contributed by atoms with Crippen LogP contribution in [0.15, 0.2) is 78.9 Å². The molecule has 0 aliphatic carbocycles. The first-order valence-electron chi connectivity index (χ1n) is 11.4. The second kappa shape index (κ2) is 11.2. The van der Waals surface area contributed by atoms with Crippen molar-refractivity contribution in [2.75, 3.05) is 44.8 Å². The Balaban J connectivity index is 1.30. The molecule has 3 aromatic carbocycles. The number of ether oxygens (including phenoxy) is 2. The topological polar surface area (TPSA) is 71.1 Å². The molecule has 0 unspecified atom stereocenters. The average Bonchev–Trinajstić information content (AvgIpc) is 2.91. The lowest BCUT2D eigenvalue weighted by atomic mass is 10.1. The summed E-state index contributed by atoms with van der Waals surface area (Å²) in [7, 11) is 1.66. The van der Waals surface area contributed by atoms with Crippen LogP contribution in [0.1, 0.15) is 15.9 Å². The second-order valence-corrected chi connectivity index (χ2v) is 7.99. The first-order chi connectivity index (χ1) is 16.7. The molecule has 3 aromatic rings. The number of hydrogen-bond acceptors (Lipinski definition) is 5. The van der Waals surface area contributed by atoms with E-state index in [0.29, 0.717) is 44.0 Å². The lowest BCUT2D eigenvalue weighted by molar-refractivity contribution is -0.133. The molecule has 1 aliphatic heterocycles. The summed E-state index contributed by atoms with van der Waals surface area (Å²) in [6, 6.07) is 24.6. The Morgan fingerprint density at radius 3 is 2.21 bits per heavy atom. The molecule has 2 amide bonds. The van der Waals surface area contributed by atoms with Crippen LogP contribution in [0.25, 0.3) is 0 Å². The van der Waals surface area contributed by atoms with Crippen LogP contribution in [-0.4, -0.2) is 56.6 Å². The van der Waals surface area contributed by atoms with Gasteiger partial charge in [-0.25, -0.2) is 0 Å². The van der Waals surface area contributed by atoms with Crippen molar-refractivity contribution in [2.24, 2.45) is 0 Å². The average molecular weight is 460 g/mol. The van der Waals surface area contributed by atoms with Gasteiger partial charge in [0, 0.05) is 32.7 Å². The number of carbonyl (C=O) groups is 2. The van der Waals surface area contributed by atoms with Gasteiger partial charge in [0.05, 0.1) is 18.4 Å². The van der Waals surface area contributed by atoms with Crippen molar-refractivity contribution in [1.82, 2.24) is 10.2 Å². The predicted octanol–water partition coefficient (Wildman–Crippen LogP) is 3.35. The standard InChI is InChI=1S/C27H29N3O4/c1-33-25-14-8-6-12-23(25)29-15-17-30(18-16-29)26(31)20-34-24-13-7-5-11-22(24)27(32)28-19-21-9-3-2-4-10-21/h2-14H,15-20H2,1H3,(H,28,32). The summed E-state index contributed by atoms with van der Waals surface area (Å²) in [5.41, 5.74) is 2.45. The molecular weight excluding hydrogens is 430 g/mol. The third kappa shape index (κ3) is 5.67. The summed E-state index contributed by atoms with van der Waals surface area (Å²) in [6.07, 6.45) is 0. The van der Waals surface area contributed by atoms with E-state index in [0.717, 1.165) is 17.0 Å². The number of para-hydroxylation sites is 3. The summed E-state index contributed by atoms with van der Waals surface area (Å²) in [5, 5.41) is 2.91. The largest absolute Gasteiger partial charge is 0.495 e. The molecule has 176 valence electrons. The molecule has 0 spiro atoms. The fourth-order valence-electron chi connectivity index (χ4n) is 3.97. The minimum Gasteiger partial charge on any atom is -0.495 e. The molecule has 0 bridgehead atoms. The molecule has 1 aliphatic rings. The van der Waals surface area contributed by atoms with Gasteiger partial charge < -0.3 is 24.6 Å². The van der Waals surface area contributed by atoms with E-state index in [1.807, 2.05) is 54.6 Å². The van der Waals surface area contributed by atoms with Gasteiger partial charge in [-0.1, -0.05) is 54.6 Å². The van der Waals surface area contributed by atoms with E-state index in [4.69, 9.17) is 9.47 Å². The number of nitrogens with one attached hydrogen (secondary N) is 1. The molecule has 1 N–H and O–H groups in total. The Hall–Kier alpha value is -4.00. The highest BCUT2D eigenvalue weighted by molar-refractivity contribution is 5.97. The molecule has 0 atom stereocenters. The molecule has 1 saturated heterocycles. The summed E-state index contributed by atoms with van der Waals surface area (Å²) in [4.78, 5) is 29.5. The van der Waals surface area contributed by atoms with Crippen molar-refractivity contribution in [3.8, 4) is 11.5 Å². The Morgan fingerprint density at radius 2 is 1.47 bits per heavy atom. The summed E-state index contributed by atoms with van der Waals surface area (Å²) >= 11 is 0. The number of amides is 2. The molecular formula is C27H29N3O4. The van der Waals surface area contributed by atoms with Crippen LogP contribution >= 0.6 is 0 Å². The summed E-state index contributed by atoms with van der Waals surface area (Å²) < 4.78 is 11.2. The van der Waals surface area contributed by atoms with Gasteiger partial charge in [0.15, 0.2) is 6.61 Å². The van der Waals surface area contributed by atoms with E-state index in [2.05, 4.69) is 10.2 Å². The van der Waals surface area contributed by atoms with Crippen molar-refractivity contribution >= 4 is 17.5 Å². The van der Waals surface area contributed by atoms with Gasteiger partial charge in [-0.3, -0.25) is 9.59 Å². The fourth-order valence-corrected chi connectivity index (χ4v) is 3.97. The highest BCUT2D eigenvalue weighted by atomic mass is 16.5. The lowest BCUT2D eigenvalue weighted by Crippen LogP contribution is -2.50. The Morgan fingerprint density at radius 1 is 0.824 bits per heavy atom. The number of rotatable bonds is 8. The minimum absolute atomic E-state index is 0.0980. The van der Waals surface area contributed by atoms with Crippen molar-refractivity contribution in [2.45, 2.75) is 6.54 Å². The normalized spacial score (nSPS) is 13.3. The maximum absolute atomic E-state index is 12.8. The van der Waals surface area contributed by atoms with Crippen molar-refractivity contribution in [1.29, 1.82) is 0 Å². The molecule has 34 heavy (non-hydrogen) atoms. The Bertz CT molecular complexity index is 1110. The van der Waals surface area contributed by atoms with Gasteiger partial charge in [0.1, 0.15) is 11.5 Å². The molecule has 0 radical (unpaired) electrons. The number of anilines is 1. The first-order valence-corrected chi connectivity index (χ1v) is 11.4. The third-order valence-electron chi connectivity index (χ3n) is 5.84. The van der Waals surface area contributed by atoms with E-state index in [9.17, 15) is 9.59 Å². The van der Waals surface area contributed by atoms with E-state index >= 15 is 0 Å². The van der Waals surface area contributed by atoms with Crippen LogP contribution in [0, 0.1) is 0 Å². The summed E-state index contributed by atoms with van der Waals surface area (Å²) in [6.45, 7) is 2.93. The fraction of sp³-hybridized carbons (Fsp3) is 0.259. The number of carbonyl (C=O) groups excluding carboxylic acids is 2. The van der Waals surface area contributed by atoms with Gasteiger partial charge in [-0.15, -0.1) is 0 Å². The van der Waals surface area contributed by atoms with Crippen LogP contribution in [0.5, 0.6) is 11.5 Å². The number of methoxy groups -OCH3 is 1. The molecule has 7 heteroatoms. The first kappa shape index (κ1) is 23.2. The Labute approximate surface area is 199 Å². The quantitative estimate of drug-likeness (QED) is 0.559. The third-order valence-corrected chi connectivity index (χ3v) is 5.84. The van der Waals surface area contributed by atoms with Crippen LogP contribution < -0.4 is 19.7 Å². The van der Waals surface area contributed by atoms with Crippen LogP contribution in [-0.2, 0) is 11.3 Å². The van der Waals surface area contributed by atoms with E-state index in [1.54, 1.807) is 36.3 Å². The molecule has 0 saturated carbocycles. The van der Waals surface area contributed by atoms with Gasteiger partial charge in [0.2, 0.25) is 0 Å². The maximum Gasteiger partial charge on any atom is 0.260 e. The van der Waals surface area contributed by atoms with Gasteiger partial charge in [-0.2, -0.15) is 0 Å². The number of hydrogen-bond donors (Lipinski definition) is 1. The highest BCUT2D eigenvalue weighted by Crippen LogP contribution is 2.28. The zero-order valence-electron chi connectivity index (χ0n) is 19.3. The highest BCUT2D eigenvalue weighted by Gasteiger charge is 2.23. The van der Waals surface area contributed by atoms with E-state index in [-0.39, 0.29) is 18.4 Å². The smallest absolute Gasteiger partial charge is 0.260 e. The zero-order valence-corrected chi connectivity index (χ0v) is 19.3. The molecule has 1 heterocycles. The van der Waals surface area contributed by atoms with E-state index < -0.39 is 0 Å². The Kier molecular flexibility index (Phi) is 7.65. The van der Waals surface area contributed by atoms with Crippen LogP contribution in [0.3, 0.4) is 0 Å². The van der Waals surface area contributed by atoms with E-state index in [1.165, 1.54) is 0 Å². The maximum atomic E-state index is 12.8.